The number of aromatic nitrogens is 1. The largest absolute Gasteiger partial charge is 0.351 e. The van der Waals surface area contributed by atoms with Crippen LogP contribution in [0.3, 0.4) is 0 Å². The third kappa shape index (κ3) is 3.87. The molecule has 0 saturated carbocycles. The lowest BCUT2D eigenvalue weighted by atomic mass is 10.3. The molecule has 1 amide bonds. The Labute approximate surface area is 89.7 Å². The molecular weight excluding hydrogens is 252 g/mol. The van der Waals surface area contributed by atoms with Crippen LogP contribution in [0.25, 0.3) is 0 Å². The third-order valence-electron chi connectivity index (χ3n) is 1.51. The van der Waals surface area contributed by atoms with Gasteiger partial charge in [-0.3, -0.25) is 4.79 Å². The first-order valence-corrected chi connectivity index (χ1v) is 6.13. The molecule has 1 heterocycles. The SMILES string of the molecule is O=C(NCCCCBr)c1cscn1. The molecule has 0 radical (unpaired) electrons. The first kappa shape index (κ1) is 10.7. The number of thiazole rings is 1. The summed E-state index contributed by atoms with van der Waals surface area (Å²) in [6.07, 6.45) is 2.08. The van der Waals surface area contributed by atoms with Crippen LogP contribution in [0.5, 0.6) is 0 Å². The van der Waals surface area contributed by atoms with Crippen LogP contribution in [0.15, 0.2) is 10.9 Å². The van der Waals surface area contributed by atoms with Crippen LogP contribution in [-0.4, -0.2) is 22.8 Å². The molecule has 0 saturated heterocycles. The van der Waals surface area contributed by atoms with E-state index in [1.807, 2.05) is 0 Å². The first-order chi connectivity index (χ1) is 6.34. The van der Waals surface area contributed by atoms with Crippen molar-refractivity contribution in [2.45, 2.75) is 12.8 Å². The van der Waals surface area contributed by atoms with Gasteiger partial charge in [0, 0.05) is 17.3 Å². The Morgan fingerprint density at radius 1 is 1.62 bits per heavy atom. The van der Waals surface area contributed by atoms with E-state index in [0.717, 1.165) is 24.7 Å². The molecule has 0 aromatic carbocycles. The van der Waals surface area contributed by atoms with Gasteiger partial charge in [0.25, 0.3) is 5.91 Å². The maximum Gasteiger partial charge on any atom is 0.270 e. The van der Waals surface area contributed by atoms with Crippen LogP contribution in [0, 0.1) is 0 Å². The maximum atomic E-state index is 11.3. The van der Waals surface area contributed by atoms with Crippen LogP contribution >= 0.6 is 27.3 Å². The van der Waals surface area contributed by atoms with Gasteiger partial charge < -0.3 is 5.32 Å². The van der Waals surface area contributed by atoms with Crippen LogP contribution in [-0.2, 0) is 0 Å². The van der Waals surface area contributed by atoms with Gasteiger partial charge in [0.1, 0.15) is 5.69 Å². The highest BCUT2D eigenvalue weighted by molar-refractivity contribution is 9.09. The second-order valence-electron chi connectivity index (χ2n) is 2.53. The van der Waals surface area contributed by atoms with Crippen molar-refractivity contribution in [1.29, 1.82) is 0 Å². The fourth-order valence-electron chi connectivity index (χ4n) is 0.837. The summed E-state index contributed by atoms with van der Waals surface area (Å²) in [5.41, 5.74) is 2.18. The number of alkyl halides is 1. The lowest BCUT2D eigenvalue weighted by Gasteiger charge is -2.00. The normalized spacial score (nSPS) is 9.92. The summed E-state index contributed by atoms with van der Waals surface area (Å²) in [4.78, 5) is 15.2. The van der Waals surface area contributed by atoms with Gasteiger partial charge in [-0.2, -0.15) is 0 Å². The number of hydrogen-bond acceptors (Lipinski definition) is 3. The second kappa shape index (κ2) is 6.10. The number of carbonyl (C=O) groups is 1. The number of halogens is 1. The Morgan fingerprint density at radius 3 is 3.08 bits per heavy atom. The molecule has 0 aliphatic rings. The Balaban J connectivity index is 2.19. The van der Waals surface area contributed by atoms with E-state index in [1.54, 1.807) is 10.9 Å². The molecule has 13 heavy (non-hydrogen) atoms. The fourth-order valence-corrected chi connectivity index (χ4v) is 1.77. The minimum atomic E-state index is -0.0733. The Hall–Kier alpha value is -0.420. The monoisotopic (exact) mass is 262 g/mol. The van der Waals surface area contributed by atoms with Gasteiger partial charge >= 0.3 is 0 Å². The minimum absolute atomic E-state index is 0.0733. The molecule has 1 rings (SSSR count). The summed E-state index contributed by atoms with van der Waals surface area (Å²) in [6, 6.07) is 0. The second-order valence-corrected chi connectivity index (χ2v) is 4.04. The average molecular weight is 263 g/mol. The summed E-state index contributed by atoms with van der Waals surface area (Å²) in [6.45, 7) is 0.724. The smallest absolute Gasteiger partial charge is 0.270 e. The molecule has 5 heteroatoms. The fraction of sp³-hybridized carbons (Fsp3) is 0.500. The molecule has 72 valence electrons. The van der Waals surface area contributed by atoms with Crippen molar-refractivity contribution in [3.63, 3.8) is 0 Å². The van der Waals surface area contributed by atoms with Gasteiger partial charge in [0.2, 0.25) is 0 Å². The molecule has 0 spiro atoms. The van der Waals surface area contributed by atoms with Gasteiger partial charge in [-0.15, -0.1) is 11.3 Å². The molecule has 0 fully saturated rings. The summed E-state index contributed by atoms with van der Waals surface area (Å²) in [7, 11) is 0. The first-order valence-electron chi connectivity index (χ1n) is 4.07. The summed E-state index contributed by atoms with van der Waals surface area (Å²) in [5.74, 6) is -0.0733. The Kier molecular flexibility index (Phi) is 5.00. The molecule has 0 unspecified atom stereocenters. The van der Waals surface area contributed by atoms with E-state index >= 15 is 0 Å². The lowest BCUT2D eigenvalue weighted by Crippen LogP contribution is -2.24. The summed E-state index contributed by atoms with van der Waals surface area (Å²) in [5, 5.41) is 5.54. The van der Waals surface area contributed by atoms with E-state index < -0.39 is 0 Å². The summed E-state index contributed by atoms with van der Waals surface area (Å²) >= 11 is 4.76. The molecular formula is C8H11BrN2OS. The highest BCUT2D eigenvalue weighted by atomic mass is 79.9. The molecule has 0 aliphatic heterocycles. The zero-order valence-electron chi connectivity index (χ0n) is 7.12. The zero-order valence-corrected chi connectivity index (χ0v) is 9.53. The van der Waals surface area contributed by atoms with Crippen molar-refractivity contribution < 1.29 is 4.79 Å². The van der Waals surface area contributed by atoms with Crippen LogP contribution in [0.2, 0.25) is 0 Å². The van der Waals surface area contributed by atoms with Crippen LogP contribution in [0.4, 0.5) is 0 Å². The summed E-state index contributed by atoms with van der Waals surface area (Å²) < 4.78 is 0. The van der Waals surface area contributed by atoms with Gasteiger partial charge in [0.15, 0.2) is 0 Å². The van der Waals surface area contributed by atoms with E-state index in [-0.39, 0.29) is 5.91 Å². The topological polar surface area (TPSA) is 42.0 Å². The van der Waals surface area contributed by atoms with Crippen LogP contribution in [0.1, 0.15) is 23.3 Å². The molecule has 1 aromatic rings. The molecule has 0 aliphatic carbocycles. The van der Waals surface area contributed by atoms with Crippen molar-refractivity contribution in [2.75, 3.05) is 11.9 Å². The Bertz CT molecular complexity index is 251. The number of unbranched alkanes of at least 4 members (excludes halogenated alkanes) is 1. The maximum absolute atomic E-state index is 11.3. The highest BCUT2D eigenvalue weighted by Crippen LogP contribution is 2.00. The standard InChI is InChI=1S/C8H11BrN2OS/c9-3-1-2-4-10-8(12)7-5-13-6-11-7/h5-6H,1-4H2,(H,10,12). The van der Waals surface area contributed by atoms with Gasteiger partial charge in [-0.05, 0) is 12.8 Å². The van der Waals surface area contributed by atoms with Gasteiger partial charge in [-0.1, -0.05) is 15.9 Å². The highest BCUT2D eigenvalue weighted by Gasteiger charge is 2.05. The van der Waals surface area contributed by atoms with E-state index in [4.69, 9.17) is 0 Å². The zero-order chi connectivity index (χ0) is 9.52. The molecule has 0 atom stereocenters. The number of hydrogen-bond donors (Lipinski definition) is 1. The number of nitrogens with zero attached hydrogens (tertiary/aromatic N) is 1. The average Bonchev–Trinajstić information content (AvgIpc) is 2.65. The molecule has 3 nitrogen and oxygen atoms in total. The van der Waals surface area contributed by atoms with E-state index in [0.29, 0.717) is 5.69 Å². The van der Waals surface area contributed by atoms with E-state index in [1.165, 1.54) is 11.3 Å². The third-order valence-corrected chi connectivity index (χ3v) is 2.66. The number of carbonyl (C=O) groups excluding carboxylic acids is 1. The van der Waals surface area contributed by atoms with E-state index in [2.05, 4.69) is 26.2 Å². The Morgan fingerprint density at radius 2 is 2.46 bits per heavy atom. The van der Waals surface area contributed by atoms with Crippen molar-refractivity contribution in [3.8, 4) is 0 Å². The van der Waals surface area contributed by atoms with Crippen molar-refractivity contribution in [3.05, 3.63) is 16.6 Å². The quantitative estimate of drug-likeness (QED) is 0.652. The lowest BCUT2D eigenvalue weighted by molar-refractivity contribution is 0.0949. The predicted molar refractivity (Wildman–Crippen MR) is 57.5 cm³/mol. The number of amides is 1. The molecule has 0 bridgehead atoms. The number of rotatable bonds is 5. The van der Waals surface area contributed by atoms with Crippen molar-refractivity contribution in [2.24, 2.45) is 0 Å². The number of nitrogens with one attached hydrogen (secondary N) is 1. The van der Waals surface area contributed by atoms with Crippen molar-refractivity contribution >= 4 is 33.2 Å². The minimum Gasteiger partial charge on any atom is -0.351 e. The molecule has 1 N–H and O–H groups in total. The van der Waals surface area contributed by atoms with Gasteiger partial charge in [-0.25, -0.2) is 4.98 Å². The van der Waals surface area contributed by atoms with Gasteiger partial charge in [0.05, 0.1) is 5.51 Å². The van der Waals surface area contributed by atoms with Crippen LogP contribution < -0.4 is 5.32 Å². The van der Waals surface area contributed by atoms with Crippen molar-refractivity contribution in [1.82, 2.24) is 10.3 Å². The van der Waals surface area contributed by atoms with E-state index in [9.17, 15) is 4.79 Å². The molecule has 1 aromatic heterocycles. The predicted octanol–water partition coefficient (Wildman–Crippen LogP) is 2.05.